The smallest absolute Gasteiger partial charge is 0.348 e. The largest absolute Gasteiger partial charge is 0.416 e. The average Bonchev–Trinajstić information content (AvgIpc) is 2.63. The van der Waals surface area contributed by atoms with Crippen molar-refractivity contribution in [2.45, 2.75) is 39.4 Å². The molecule has 0 bridgehead atoms. The second kappa shape index (κ2) is 9.07. The van der Waals surface area contributed by atoms with Gasteiger partial charge in [-0.15, -0.1) is 0 Å². The highest BCUT2D eigenvalue weighted by Crippen LogP contribution is 2.31. The highest BCUT2D eigenvalue weighted by molar-refractivity contribution is 7.92. The molecule has 1 N–H and O–H groups in total. The Bertz CT molecular complexity index is 1000. The van der Waals surface area contributed by atoms with Gasteiger partial charge in [0.15, 0.2) is 0 Å². The third-order valence-electron chi connectivity index (χ3n) is 4.71. The van der Waals surface area contributed by atoms with E-state index in [2.05, 4.69) is 5.32 Å². The molecule has 0 aromatic heterocycles. The van der Waals surface area contributed by atoms with E-state index < -0.39 is 34.2 Å². The van der Waals surface area contributed by atoms with Crippen LogP contribution in [0, 0.1) is 13.8 Å². The van der Waals surface area contributed by atoms with Crippen LogP contribution in [0.1, 0.15) is 41.6 Å². The number of rotatable bonds is 7. The molecule has 9 heteroatoms. The molecule has 5 nitrogen and oxygen atoms in total. The fraction of sp³-hybridized carbons (Fsp3) is 0.381. The number of anilines is 1. The maximum absolute atomic E-state index is 12.8. The van der Waals surface area contributed by atoms with Crippen molar-refractivity contribution >= 4 is 21.6 Å². The van der Waals surface area contributed by atoms with Crippen molar-refractivity contribution < 1.29 is 26.4 Å². The molecule has 2 rings (SSSR count). The summed E-state index contributed by atoms with van der Waals surface area (Å²) in [4.78, 5) is 12.6. The number of amides is 1. The molecule has 0 unspecified atom stereocenters. The summed E-state index contributed by atoms with van der Waals surface area (Å²) < 4.78 is 63.5. The molecule has 0 aliphatic rings. The SMILES string of the molecule is CC[C@@H](NC(=O)CN(c1ccc(C(F)(F)F)cc1)S(C)(=O)=O)c1ccc(C)cc1C. The first-order valence-corrected chi connectivity index (χ1v) is 11.2. The number of nitrogens with one attached hydrogen (secondary N) is 1. The summed E-state index contributed by atoms with van der Waals surface area (Å²) >= 11 is 0. The zero-order chi connectivity index (χ0) is 22.7. The van der Waals surface area contributed by atoms with Gasteiger partial charge >= 0.3 is 6.18 Å². The summed E-state index contributed by atoms with van der Waals surface area (Å²) in [6.45, 7) is 5.26. The standard InChI is InChI=1S/C21H25F3N2O3S/c1-5-19(18-11-6-14(2)12-15(18)3)25-20(27)13-26(30(4,28)29)17-9-7-16(8-10-17)21(22,23)24/h6-12,19H,5,13H2,1-4H3,(H,25,27)/t19-/m1/s1. The molecule has 0 aliphatic heterocycles. The molecular formula is C21H25F3N2O3S. The third-order valence-corrected chi connectivity index (χ3v) is 5.85. The molecular weight excluding hydrogens is 417 g/mol. The summed E-state index contributed by atoms with van der Waals surface area (Å²) in [5.74, 6) is -0.549. The minimum atomic E-state index is -4.54. The van der Waals surface area contributed by atoms with Gasteiger partial charge in [-0.3, -0.25) is 9.10 Å². The Balaban J connectivity index is 2.23. The van der Waals surface area contributed by atoms with Crippen molar-refractivity contribution in [1.82, 2.24) is 5.32 Å². The molecule has 0 fully saturated rings. The van der Waals surface area contributed by atoms with Crippen LogP contribution in [0.5, 0.6) is 0 Å². The second-order valence-corrected chi connectivity index (χ2v) is 9.11. The van der Waals surface area contributed by atoms with Crippen LogP contribution in [-0.2, 0) is 21.0 Å². The number of aryl methyl sites for hydroxylation is 2. The Morgan fingerprint density at radius 2 is 1.70 bits per heavy atom. The van der Waals surface area contributed by atoms with Gasteiger partial charge in [-0.2, -0.15) is 13.2 Å². The van der Waals surface area contributed by atoms with Crippen LogP contribution < -0.4 is 9.62 Å². The van der Waals surface area contributed by atoms with Gasteiger partial charge in [-0.1, -0.05) is 30.7 Å². The monoisotopic (exact) mass is 442 g/mol. The van der Waals surface area contributed by atoms with Gasteiger partial charge < -0.3 is 5.32 Å². The summed E-state index contributed by atoms with van der Waals surface area (Å²) in [6.07, 6.45) is -3.04. The lowest BCUT2D eigenvalue weighted by Crippen LogP contribution is -2.41. The van der Waals surface area contributed by atoms with Crippen LogP contribution >= 0.6 is 0 Å². The first kappa shape index (κ1) is 23.7. The molecule has 0 heterocycles. The van der Waals surface area contributed by atoms with Gasteiger partial charge in [0, 0.05) is 0 Å². The van der Waals surface area contributed by atoms with Crippen LogP contribution in [0.25, 0.3) is 0 Å². The van der Waals surface area contributed by atoms with E-state index in [1.54, 1.807) is 0 Å². The molecule has 2 aromatic carbocycles. The topological polar surface area (TPSA) is 66.5 Å². The van der Waals surface area contributed by atoms with E-state index in [-0.39, 0.29) is 11.7 Å². The first-order chi connectivity index (χ1) is 13.8. The number of alkyl halides is 3. The second-order valence-electron chi connectivity index (χ2n) is 7.20. The number of hydrogen-bond acceptors (Lipinski definition) is 3. The number of carbonyl (C=O) groups excluding carboxylic acids is 1. The van der Waals surface area contributed by atoms with Gasteiger partial charge in [-0.05, 0) is 55.7 Å². The van der Waals surface area contributed by atoms with Crippen molar-refractivity contribution in [3.8, 4) is 0 Å². The maximum Gasteiger partial charge on any atom is 0.416 e. The number of sulfonamides is 1. The number of benzene rings is 2. The molecule has 0 saturated heterocycles. The number of halogens is 3. The van der Waals surface area contributed by atoms with Crippen LogP contribution in [-0.4, -0.2) is 27.1 Å². The number of carbonyl (C=O) groups is 1. The normalized spacial score (nSPS) is 13.0. The third kappa shape index (κ3) is 5.98. The van der Waals surface area contributed by atoms with E-state index in [0.717, 1.165) is 51.5 Å². The Morgan fingerprint density at radius 1 is 1.10 bits per heavy atom. The number of hydrogen-bond donors (Lipinski definition) is 1. The Labute approximate surface area is 175 Å². The minimum Gasteiger partial charge on any atom is -0.348 e. The predicted molar refractivity (Wildman–Crippen MR) is 111 cm³/mol. The molecule has 0 spiro atoms. The average molecular weight is 443 g/mol. The van der Waals surface area contributed by atoms with Crippen LogP contribution in [0.2, 0.25) is 0 Å². The fourth-order valence-corrected chi connectivity index (χ4v) is 4.06. The maximum atomic E-state index is 12.8. The molecule has 2 aromatic rings. The molecule has 164 valence electrons. The minimum absolute atomic E-state index is 0.0137. The summed E-state index contributed by atoms with van der Waals surface area (Å²) in [7, 11) is -3.89. The highest BCUT2D eigenvalue weighted by atomic mass is 32.2. The lowest BCUT2D eigenvalue weighted by Gasteiger charge is -2.25. The van der Waals surface area contributed by atoms with Crippen molar-refractivity contribution in [3.05, 3.63) is 64.7 Å². The van der Waals surface area contributed by atoms with E-state index in [9.17, 15) is 26.4 Å². The lowest BCUT2D eigenvalue weighted by atomic mass is 9.97. The zero-order valence-corrected chi connectivity index (χ0v) is 18.1. The van der Waals surface area contributed by atoms with Gasteiger partial charge in [0.2, 0.25) is 15.9 Å². The van der Waals surface area contributed by atoms with Crippen molar-refractivity contribution in [1.29, 1.82) is 0 Å². The quantitative estimate of drug-likeness (QED) is 0.693. The Hall–Kier alpha value is -2.55. The van der Waals surface area contributed by atoms with E-state index in [0.29, 0.717) is 6.42 Å². The Morgan fingerprint density at radius 3 is 2.17 bits per heavy atom. The van der Waals surface area contributed by atoms with E-state index in [1.165, 1.54) is 0 Å². The molecule has 0 aliphatic carbocycles. The molecule has 1 atom stereocenters. The number of nitrogens with zero attached hydrogens (tertiary/aromatic N) is 1. The highest BCUT2D eigenvalue weighted by Gasteiger charge is 2.31. The summed E-state index contributed by atoms with van der Waals surface area (Å²) in [5.41, 5.74) is 2.11. The zero-order valence-electron chi connectivity index (χ0n) is 17.2. The molecule has 1 amide bonds. The van der Waals surface area contributed by atoms with Gasteiger partial charge in [0.25, 0.3) is 0 Å². The summed E-state index contributed by atoms with van der Waals surface area (Å²) in [6, 6.07) is 9.19. The lowest BCUT2D eigenvalue weighted by molar-refractivity contribution is -0.137. The van der Waals surface area contributed by atoms with Crippen LogP contribution in [0.15, 0.2) is 42.5 Å². The van der Waals surface area contributed by atoms with E-state index in [4.69, 9.17) is 0 Å². The Kier molecular flexibility index (Phi) is 7.18. The van der Waals surface area contributed by atoms with Crippen LogP contribution in [0.3, 0.4) is 0 Å². The molecule has 0 radical (unpaired) electrons. The summed E-state index contributed by atoms with van der Waals surface area (Å²) in [5, 5.41) is 2.83. The molecule has 30 heavy (non-hydrogen) atoms. The fourth-order valence-electron chi connectivity index (χ4n) is 3.20. The van der Waals surface area contributed by atoms with Gasteiger partial charge in [-0.25, -0.2) is 8.42 Å². The van der Waals surface area contributed by atoms with Crippen molar-refractivity contribution in [2.24, 2.45) is 0 Å². The van der Waals surface area contributed by atoms with Crippen LogP contribution in [0.4, 0.5) is 18.9 Å². The van der Waals surface area contributed by atoms with Gasteiger partial charge in [0.05, 0.1) is 23.5 Å². The predicted octanol–water partition coefficient (Wildman–Crippen LogP) is 4.36. The van der Waals surface area contributed by atoms with Gasteiger partial charge in [0.1, 0.15) is 6.54 Å². The van der Waals surface area contributed by atoms with Crippen molar-refractivity contribution in [3.63, 3.8) is 0 Å². The van der Waals surface area contributed by atoms with E-state index in [1.807, 2.05) is 39.0 Å². The van der Waals surface area contributed by atoms with Crippen molar-refractivity contribution in [2.75, 3.05) is 17.1 Å². The van der Waals surface area contributed by atoms with E-state index >= 15 is 0 Å². The first-order valence-electron chi connectivity index (χ1n) is 9.34. The molecule has 0 saturated carbocycles.